The number of aryl methyl sites for hydroxylation is 1. The molecule has 2 heterocycles. The van der Waals surface area contributed by atoms with Crippen molar-refractivity contribution in [1.29, 1.82) is 0 Å². The van der Waals surface area contributed by atoms with E-state index < -0.39 is 48.1 Å². The zero-order valence-electron chi connectivity index (χ0n) is 20.0. The first-order valence-electron chi connectivity index (χ1n) is 11.9. The Labute approximate surface area is 212 Å². The minimum atomic E-state index is -1.53. The molecule has 0 aromatic heterocycles. The number of urea groups is 1. The molecule has 3 aliphatic rings. The number of likely N-dealkylation sites (tertiary alicyclic amines) is 1. The third kappa shape index (κ3) is 4.04. The minimum absolute atomic E-state index is 0.216. The molecule has 2 aromatic rings. The Morgan fingerprint density at radius 3 is 2.65 bits per heavy atom. The van der Waals surface area contributed by atoms with E-state index in [0.29, 0.717) is 36.1 Å². The summed E-state index contributed by atoms with van der Waals surface area (Å²) in [6.45, 7) is 6.97. The van der Waals surface area contributed by atoms with Crippen LogP contribution in [0.5, 0.6) is 0 Å². The number of carbonyl (C=O) groups is 4. The van der Waals surface area contributed by atoms with Gasteiger partial charge in [0.15, 0.2) is 0 Å². The summed E-state index contributed by atoms with van der Waals surface area (Å²) in [6.07, 6.45) is -0.0725. The molecule has 10 nitrogen and oxygen atoms in total. The van der Waals surface area contributed by atoms with Crippen molar-refractivity contribution in [3.8, 4) is 0 Å². The zero-order chi connectivity index (χ0) is 26.3. The molecule has 5 rings (SSSR count). The van der Waals surface area contributed by atoms with E-state index in [1.54, 1.807) is 30.3 Å². The molecule has 3 atom stereocenters. The van der Waals surface area contributed by atoms with Crippen LogP contribution in [-0.4, -0.2) is 53.5 Å². The smallest absolute Gasteiger partial charge is 0.418 e. The Bertz CT molecular complexity index is 1340. The van der Waals surface area contributed by atoms with Gasteiger partial charge in [0, 0.05) is 31.1 Å². The first kappa shape index (κ1) is 24.2. The highest BCUT2D eigenvalue weighted by Gasteiger charge is 2.59. The van der Waals surface area contributed by atoms with Gasteiger partial charge in [-0.2, -0.15) is 0 Å². The number of nitrogens with one attached hydrogen (secondary N) is 2. The molecule has 0 bridgehead atoms. The Hall–Kier alpha value is -4.46. The van der Waals surface area contributed by atoms with Crippen LogP contribution in [0.3, 0.4) is 0 Å². The maximum Gasteiger partial charge on any atom is 0.418 e. The number of hydrogen-bond donors (Lipinski definition) is 2. The fraction of sp³-hybridized carbons (Fsp3) is 0.346. The van der Waals surface area contributed by atoms with Gasteiger partial charge in [-0.1, -0.05) is 18.2 Å². The number of fused-ring (bicyclic) bond motifs is 2. The lowest BCUT2D eigenvalue weighted by Gasteiger charge is -2.26. The molecule has 190 valence electrons. The van der Waals surface area contributed by atoms with E-state index in [1.165, 1.54) is 24.1 Å². The van der Waals surface area contributed by atoms with Crippen LogP contribution < -0.4 is 10.6 Å². The topological polar surface area (TPSA) is 112 Å². The third-order valence-corrected chi connectivity index (χ3v) is 7.18. The molecule has 1 aliphatic carbocycles. The number of amides is 5. The molecule has 37 heavy (non-hydrogen) atoms. The first-order valence-corrected chi connectivity index (χ1v) is 11.9. The van der Waals surface area contributed by atoms with Crippen molar-refractivity contribution in [2.24, 2.45) is 0 Å². The maximum atomic E-state index is 13.5. The van der Waals surface area contributed by atoms with E-state index >= 15 is 0 Å². The van der Waals surface area contributed by atoms with Gasteiger partial charge in [-0.05, 0) is 48.2 Å². The Morgan fingerprint density at radius 2 is 1.95 bits per heavy atom. The Morgan fingerprint density at radius 1 is 1.19 bits per heavy atom. The molecular formula is C26H24FN5O5. The fourth-order valence-electron chi connectivity index (χ4n) is 5.41. The summed E-state index contributed by atoms with van der Waals surface area (Å²) in [7, 11) is 1.49. The van der Waals surface area contributed by atoms with Crippen LogP contribution in [0.4, 0.5) is 19.7 Å². The van der Waals surface area contributed by atoms with Gasteiger partial charge in [-0.25, -0.2) is 25.5 Å². The van der Waals surface area contributed by atoms with Crippen molar-refractivity contribution < 1.29 is 28.3 Å². The van der Waals surface area contributed by atoms with Crippen molar-refractivity contribution in [3.05, 3.63) is 76.4 Å². The number of rotatable bonds is 4. The summed E-state index contributed by atoms with van der Waals surface area (Å²) >= 11 is 0. The van der Waals surface area contributed by atoms with Crippen molar-refractivity contribution in [2.75, 3.05) is 18.9 Å². The average molecular weight is 506 g/mol. The number of anilines is 1. The van der Waals surface area contributed by atoms with E-state index in [0.717, 1.165) is 10.5 Å². The van der Waals surface area contributed by atoms with Crippen molar-refractivity contribution in [2.45, 2.75) is 43.5 Å². The normalized spacial score (nSPS) is 24.1. The van der Waals surface area contributed by atoms with Gasteiger partial charge < -0.3 is 15.4 Å². The molecule has 2 aliphatic heterocycles. The Kier molecular flexibility index (Phi) is 6.03. The van der Waals surface area contributed by atoms with Gasteiger partial charge >= 0.3 is 18.3 Å². The molecule has 0 saturated carbocycles. The van der Waals surface area contributed by atoms with Crippen LogP contribution in [0.25, 0.3) is 4.85 Å². The van der Waals surface area contributed by atoms with Crippen molar-refractivity contribution in [1.82, 2.24) is 15.1 Å². The molecule has 2 N–H and O–H groups in total. The Balaban J connectivity index is 1.37. The molecule has 2 fully saturated rings. The number of nitrogens with zero attached hydrogens (tertiary/aromatic N) is 3. The van der Waals surface area contributed by atoms with Crippen LogP contribution >= 0.6 is 0 Å². The lowest BCUT2D eigenvalue weighted by atomic mass is 9.94. The van der Waals surface area contributed by atoms with Crippen LogP contribution in [-0.2, 0) is 26.3 Å². The van der Waals surface area contributed by atoms with Crippen LogP contribution in [0.2, 0.25) is 0 Å². The molecule has 0 radical (unpaired) electrons. The summed E-state index contributed by atoms with van der Waals surface area (Å²) in [4.78, 5) is 57.1. The highest BCUT2D eigenvalue weighted by atomic mass is 19.1. The average Bonchev–Trinajstić information content (AvgIpc) is 3.55. The molecule has 11 heteroatoms. The second kappa shape index (κ2) is 9.20. The summed E-state index contributed by atoms with van der Waals surface area (Å²) in [5, 5.41) is 5.13. The van der Waals surface area contributed by atoms with Gasteiger partial charge in [0.25, 0.3) is 5.91 Å². The second-order valence-electron chi connectivity index (χ2n) is 9.22. The largest absolute Gasteiger partial charge is 0.427 e. The van der Waals surface area contributed by atoms with Crippen molar-refractivity contribution >= 4 is 29.6 Å². The van der Waals surface area contributed by atoms with E-state index in [9.17, 15) is 23.6 Å². The van der Waals surface area contributed by atoms with E-state index in [2.05, 4.69) is 15.5 Å². The van der Waals surface area contributed by atoms with Gasteiger partial charge in [-0.3, -0.25) is 19.3 Å². The van der Waals surface area contributed by atoms with Gasteiger partial charge in [0.2, 0.25) is 11.5 Å². The first-order chi connectivity index (χ1) is 17.8. The van der Waals surface area contributed by atoms with Crippen LogP contribution in [0, 0.1) is 12.4 Å². The predicted molar refractivity (Wildman–Crippen MR) is 128 cm³/mol. The van der Waals surface area contributed by atoms with Gasteiger partial charge in [-0.15, -0.1) is 0 Å². The summed E-state index contributed by atoms with van der Waals surface area (Å²) < 4.78 is 19.0. The number of halogens is 1. The minimum Gasteiger partial charge on any atom is -0.427 e. The monoisotopic (exact) mass is 505 g/mol. The third-order valence-electron chi connectivity index (χ3n) is 7.18. The predicted octanol–water partition coefficient (Wildman–Crippen LogP) is 3.31. The molecule has 5 amide bonds. The van der Waals surface area contributed by atoms with Gasteiger partial charge in [0.05, 0.1) is 6.04 Å². The van der Waals surface area contributed by atoms with E-state index in [4.69, 9.17) is 11.3 Å². The standard InChI is InChI=1S/C26H24FN5O5/c1-28-21-10-9-20(15-3-5-17(27)6-4-15)32(21)22(33)14-31-23(34)26(37-25(31)36)12-11-16-13-18(7-8-19(16)26)30-24(35)29-2/h3-8,13,20-21H,9-12,14H2,2H3,(H2,29,30,35)/t20-,21+,26+/m0/s1. The van der Waals surface area contributed by atoms with Crippen LogP contribution in [0.1, 0.15) is 42.0 Å². The van der Waals surface area contributed by atoms with E-state index in [-0.39, 0.29) is 12.5 Å². The van der Waals surface area contributed by atoms with Crippen molar-refractivity contribution in [3.63, 3.8) is 0 Å². The fourth-order valence-corrected chi connectivity index (χ4v) is 5.41. The summed E-state index contributed by atoms with van der Waals surface area (Å²) in [6, 6.07) is 9.86. The van der Waals surface area contributed by atoms with Crippen LogP contribution in [0.15, 0.2) is 42.5 Å². The molecule has 2 aromatic carbocycles. The molecular weight excluding hydrogens is 481 g/mol. The lowest BCUT2D eigenvalue weighted by molar-refractivity contribution is -0.142. The molecule has 0 unspecified atom stereocenters. The highest BCUT2D eigenvalue weighted by molar-refractivity contribution is 6.06. The zero-order valence-corrected chi connectivity index (χ0v) is 20.0. The summed E-state index contributed by atoms with van der Waals surface area (Å²) in [5.74, 6) is -1.60. The molecule has 2 saturated heterocycles. The maximum absolute atomic E-state index is 13.5. The number of ether oxygens (including phenoxy) is 1. The van der Waals surface area contributed by atoms with E-state index in [1.807, 2.05) is 0 Å². The molecule has 1 spiro atoms. The number of hydrogen-bond acceptors (Lipinski definition) is 5. The number of imide groups is 1. The quantitative estimate of drug-likeness (QED) is 0.620. The number of benzene rings is 2. The highest BCUT2D eigenvalue weighted by Crippen LogP contribution is 2.46. The lowest BCUT2D eigenvalue weighted by Crippen LogP contribution is -2.46. The summed E-state index contributed by atoms with van der Waals surface area (Å²) in [5.41, 5.74) is 0.960. The second-order valence-corrected chi connectivity index (χ2v) is 9.22. The SMILES string of the molecule is [C-]#[N+][C@H]1CC[C@@H](c2ccc(F)cc2)N1C(=O)CN1C(=O)O[C@@]2(CCc3cc(NC(=O)NC)ccc32)C1=O. The number of carbonyl (C=O) groups excluding carboxylic acids is 4. The van der Waals surface area contributed by atoms with Gasteiger partial charge in [0.1, 0.15) is 12.4 Å².